The molecule has 0 aliphatic rings. The molecule has 0 aromatic heterocycles. The lowest BCUT2D eigenvalue weighted by Crippen LogP contribution is -2.15. The highest BCUT2D eigenvalue weighted by atomic mass is 35.5. The predicted molar refractivity (Wildman–Crippen MR) is 62.3 cm³/mol. The van der Waals surface area contributed by atoms with Crippen LogP contribution in [0.5, 0.6) is 0 Å². The van der Waals surface area contributed by atoms with Crippen LogP contribution in [0.1, 0.15) is 24.3 Å². The summed E-state index contributed by atoms with van der Waals surface area (Å²) < 4.78 is 4.94. The van der Waals surface area contributed by atoms with Gasteiger partial charge in [-0.25, -0.2) is 0 Å². The van der Waals surface area contributed by atoms with Gasteiger partial charge in [-0.1, -0.05) is 30.3 Å². The quantitative estimate of drug-likeness (QED) is 0.637. The molecule has 3 nitrogen and oxygen atoms in total. The molecular formula is C12H15ClO3. The Morgan fingerprint density at radius 3 is 2.62 bits per heavy atom. The molecule has 0 amide bonds. The third-order valence-electron chi connectivity index (χ3n) is 2.01. The number of carbonyl (C=O) groups is 1. The van der Waals surface area contributed by atoms with Crippen molar-refractivity contribution in [3.8, 4) is 0 Å². The van der Waals surface area contributed by atoms with Crippen molar-refractivity contribution >= 4 is 17.6 Å². The summed E-state index contributed by atoms with van der Waals surface area (Å²) in [6.07, 6.45) is -0.684. The second kappa shape index (κ2) is 6.51. The molecule has 88 valence electrons. The normalized spacial score (nSPS) is 14.2. The van der Waals surface area contributed by atoms with Gasteiger partial charge >= 0.3 is 5.97 Å². The summed E-state index contributed by atoms with van der Waals surface area (Å²) in [7, 11) is 0. The first-order chi connectivity index (χ1) is 7.59. The SMILES string of the molecule is CC(O)CC(=O)OCC(Cl)c1ccccc1. The number of benzene rings is 1. The highest BCUT2D eigenvalue weighted by Crippen LogP contribution is 2.20. The molecule has 0 aliphatic heterocycles. The van der Waals surface area contributed by atoms with Gasteiger partial charge in [0.15, 0.2) is 0 Å². The third kappa shape index (κ3) is 4.64. The minimum Gasteiger partial charge on any atom is -0.464 e. The van der Waals surface area contributed by atoms with Crippen molar-refractivity contribution in [3.05, 3.63) is 35.9 Å². The topological polar surface area (TPSA) is 46.5 Å². The summed E-state index contributed by atoms with van der Waals surface area (Å²) >= 11 is 6.05. The second-order valence-electron chi connectivity index (χ2n) is 3.61. The Morgan fingerprint density at radius 2 is 2.06 bits per heavy atom. The van der Waals surface area contributed by atoms with Gasteiger partial charge in [-0.05, 0) is 12.5 Å². The number of hydrogen-bond donors (Lipinski definition) is 1. The molecule has 4 heteroatoms. The Kier molecular flexibility index (Phi) is 5.29. The van der Waals surface area contributed by atoms with E-state index in [4.69, 9.17) is 21.4 Å². The van der Waals surface area contributed by atoms with Crippen molar-refractivity contribution in [2.75, 3.05) is 6.61 Å². The fourth-order valence-corrected chi connectivity index (χ4v) is 1.43. The maximum absolute atomic E-state index is 11.1. The van der Waals surface area contributed by atoms with Gasteiger partial charge in [-0.3, -0.25) is 4.79 Å². The number of rotatable bonds is 5. The minimum absolute atomic E-state index is 0.00159. The summed E-state index contributed by atoms with van der Waals surface area (Å²) in [6.45, 7) is 1.66. The van der Waals surface area contributed by atoms with Gasteiger partial charge in [0, 0.05) is 0 Å². The van der Waals surface area contributed by atoms with Gasteiger partial charge < -0.3 is 9.84 Å². The van der Waals surface area contributed by atoms with Crippen LogP contribution in [0.3, 0.4) is 0 Å². The predicted octanol–water partition coefficient (Wildman–Crippen LogP) is 2.28. The molecular weight excluding hydrogens is 228 g/mol. The van der Waals surface area contributed by atoms with E-state index < -0.39 is 12.1 Å². The third-order valence-corrected chi connectivity index (χ3v) is 2.39. The van der Waals surface area contributed by atoms with Crippen molar-refractivity contribution < 1.29 is 14.6 Å². The van der Waals surface area contributed by atoms with E-state index in [-0.39, 0.29) is 18.4 Å². The van der Waals surface area contributed by atoms with E-state index in [1.54, 1.807) is 0 Å². The Balaban J connectivity index is 2.36. The lowest BCUT2D eigenvalue weighted by molar-refractivity contribution is -0.145. The highest BCUT2D eigenvalue weighted by Gasteiger charge is 2.12. The second-order valence-corrected chi connectivity index (χ2v) is 4.14. The summed E-state index contributed by atoms with van der Waals surface area (Å²) in [5.74, 6) is -0.434. The number of aliphatic hydroxyl groups excluding tert-OH is 1. The molecule has 0 heterocycles. The lowest BCUT2D eigenvalue weighted by Gasteiger charge is -2.11. The fourth-order valence-electron chi connectivity index (χ4n) is 1.22. The van der Waals surface area contributed by atoms with Gasteiger partial charge in [0.05, 0.1) is 17.9 Å². The van der Waals surface area contributed by atoms with Crippen LogP contribution in [0.25, 0.3) is 0 Å². The molecule has 1 aromatic carbocycles. The van der Waals surface area contributed by atoms with E-state index in [1.807, 2.05) is 30.3 Å². The number of carbonyl (C=O) groups excluding carboxylic acids is 1. The van der Waals surface area contributed by atoms with Gasteiger partial charge in [-0.2, -0.15) is 0 Å². The molecule has 0 radical (unpaired) electrons. The van der Waals surface area contributed by atoms with Gasteiger partial charge in [0.25, 0.3) is 0 Å². The summed E-state index contributed by atoms with van der Waals surface area (Å²) in [5.41, 5.74) is 0.911. The molecule has 16 heavy (non-hydrogen) atoms. The number of alkyl halides is 1. The molecule has 2 unspecified atom stereocenters. The average molecular weight is 243 g/mol. The molecule has 0 saturated heterocycles. The van der Waals surface area contributed by atoms with E-state index in [9.17, 15) is 4.79 Å². The number of esters is 1. The van der Waals surface area contributed by atoms with E-state index in [0.29, 0.717) is 0 Å². The first-order valence-corrected chi connectivity index (χ1v) is 5.56. The van der Waals surface area contributed by atoms with E-state index in [1.165, 1.54) is 6.92 Å². The summed E-state index contributed by atoms with van der Waals surface area (Å²) in [5, 5.41) is 8.62. The van der Waals surface area contributed by atoms with E-state index >= 15 is 0 Å². The molecule has 0 spiro atoms. The molecule has 0 fully saturated rings. The smallest absolute Gasteiger partial charge is 0.308 e. The monoisotopic (exact) mass is 242 g/mol. The average Bonchev–Trinajstić information content (AvgIpc) is 2.26. The maximum Gasteiger partial charge on any atom is 0.308 e. The zero-order valence-electron chi connectivity index (χ0n) is 9.10. The van der Waals surface area contributed by atoms with Crippen LogP contribution >= 0.6 is 11.6 Å². The van der Waals surface area contributed by atoms with Crippen LogP contribution in [0.4, 0.5) is 0 Å². The highest BCUT2D eigenvalue weighted by molar-refractivity contribution is 6.21. The van der Waals surface area contributed by atoms with Crippen LogP contribution in [-0.4, -0.2) is 23.8 Å². The Morgan fingerprint density at radius 1 is 1.44 bits per heavy atom. The molecule has 0 bridgehead atoms. The van der Waals surface area contributed by atoms with E-state index in [0.717, 1.165) is 5.56 Å². The summed E-state index contributed by atoms with van der Waals surface area (Å²) in [6, 6.07) is 9.40. The lowest BCUT2D eigenvalue weighted by atomic mass is 10.1. The van der Waals surface area contributed by atoms with Crippen molar-refractivity contribution in [2.45, 2.75) is 24.8 Å². The number of halogens is 1. The summed E-state index contributed by atoms with van der Waals surface area (Å²) in [4.78, 5) is 11.1. The molecule has 2 atom stereocenters. The number of aliphatic hydroxyl groups is 1. The standard InChI is InChI=1S/C12H15ClO3/c1-9(14)7-12(15)16-8-11(13)10-5-3-2-4-6-10/h2-6,9,11,14H,7-8H2,1H3. The fraction of sp³-hybridized carbons (Fsp3) is 0.417. The Bertz CT molecular complexity index is 324. The maximum atomic E-state index is 11.1. The van der Waals surface area contributed by atoms with Crippen molar-refractivity contribution in [1.29, 1.82) is 0 Å². The Hall–Kier alpha value is -1.06. The van der Waals surface area contributed by atoms with Crippen molar-refractivity contribution in [1.82, 2.24) is 0 Å². The van der Waals surface area contributed by atoms with E-state index in [2.05, 4.69) is 0 Å². The van der Waals surface area contributed by atoms with Crippen LogP contribution in [0.15, 0.2) is 30.3 Å². The van der Waals surface area contributed by atoms with Gasteiger partial charge in [0.2, 0.25) is 0 Å². The first-order valence-electron chi connectivity index (χ1n) is 5.12. The number of ether oxygens (including phenoxy) is 1. The van der Waals surface area contributed by atoms with Crippen LogP contribution in [-0.2, 0) is 9.53 Å². The minimum atomic E-state index is -0.682. The molecule has 1 aromatic rings. The van der Waals surface area contributed by atoms with Crippen LogP contribution < -0.4 is 0 Å². The molecule has 0 saturated carbocycles. The molecule has 1 N–H and O–H groups in total. The van der Waals surface area contributed by atoms with Crippen LogP contribution in [0.2, 0.25) is 0 Å². The van der Waals surface area contributed by atoms with Gasteiger partial charge in [0.1, 0.15) is 6.61 Å². The van der Waals surface area contributed by atoms with Gasteiger partial charge in [-0.15, -0.1) is 11.6 Å². The largest absolute Gasteiger partial charge is 0.464 e. The zero-order chi connectivity index (χ0) is 12.0. The Labute approximate surface area is 100.0 Å². The van der Waals surface area contributed by atoms with Crippen molar-refractivity contribution in [2.24, 2.45) is 0 Å². The number of hydrogen-bond acceptors (Lipinski definition) is 3. The molecule has 1 rings (SSSR count). The van der Waals surface area contributed by atoms with Crippen LogP contribution in [0, 0.1) is 0 Å². The van der Waals surface area contributed by atoms with Crippen molar-refractivity contribution in [3.63, 3.8) is 0 Å². The first kappa shape index (κ1) is 13.0. The zero-order valence-corrected chi connectivity index (χ0v) is 9.85. The molecule has 0 aliphatic carbocycles.